The Morgan fingerprint density at radius 2 is 2.03 bits per heavy atom. The fourth-order valence-corrected chi connectivity index (χ4v) is 4.40. The van der Waals surface area contributed by atoms with Crippen molar-refractivity contribution in [3.8, 4) is 0 Å². The standard InChI is InChI=1S/C23H25FN4O/c1-22(2)17(20-26-18-9-4-5-10-19(18)27-20)11-12-23(22,3)21(29)28-25-14-15-7-6-8-16(24)13-15/h4-10,13-14,17H,11-12H2,1-3H3,(H,26,27)(H,28,29)/b25-14+. The fraction of sp³-hybridized carbons (Fsp3) is 0.348. The summed E-state index contributed by atoms with van der Waals surface area (Å²) in [6.45, 7) is 6.23. The smallest absolute Gasteiger partial charge is 0.246 e. The Morgan fingerprint density at radius 3 is 2.79 bits per heavy atom. The molecule has 0 bridgehead atoms. The van der Waals surface area contributed by atoms with Crippen LogP contribution in [0.15, 0.2) is 53.6 Å². The van der Waals surface area contributed by atoms with E-state index in [4.69, 9.17) is 4.98 Å². The molecule has 1 fully saturated rings. The molecule has 1 aliphatic rings. The van der Waals surface area contributed by atoms with Crippen molar-refractivity contribution in [2.75, 3.05) is 0 Å². The summed E-state index contributed by atoms with van der Waals surface area (Å²) < 4.78 is 13.3. The van der Waals surface area contributed by atoms with Gasteiger partial charge in [-0.15, -0.1) is 0 Å². The first-order valence-corrected chi connectivity index (χ1v) is 9.85. The first kappa shape index (κ1) is 19.3. The molecule has 2 atom stereocenters. The van der Waals surface area contributed by atoms with E-state index in [-0.39, 0.29) is 23.1 Å². The molecule has 0 spiro atoms. The van der Waals surface area contributed by atoms with Crippen molar-refractivity contribution in [1.29, 1.82) is 0 Å². The van der Waals surface area contributed by atoms with E-state index in [1.54, 1.807) is 12.1 Å². The van der Waals surface area contributed by atoms with Crippen LogP contribution in [-0.2, 0) is 4.79 Å². The Kier molecular flexibility index (Phi) is 4.73. The van der Waals surface area contributed by atoms with E-state index >= 15 is 0 Å². The van der Waals surface area contributed by atoms with Gasteiger partial charge < -0.3 is 4.98 Å². The normalized spacial score (nSPS) is 23.7. The number of carbonyl (C=O) groups is 1. The molecular weight excluding hydrogens is 367 g/mol. The quantitative estimate of drug-likeness (QED) is 0.496. The summed E-state index contributed by atoms with van der Waals surface area (Å²) in [5.41, 5.74) is 4.29. The number of hydrogen-bond donors (Lipinski definition) is 2. The van der Waals surface area contributed by atoms with Crippen molar-refractivity contribution in [3.63, 3.8) is 0 Å². The Morgan fingerprint density at radius 1 is 1.24 bits per heavy atom. The lowest BCUT2D eigenvalue weighted by Gasteiger charge is -2.39. The maximum Gasteiger partial charge on any atom is 0.246 e. The van der Waals surface area contributed by atoms with Gasteiger partial charge in [0.25, 0.3) is 0 Å². The lowest BCUT2D eigenvalue weighted by atomic mass is 9.65. The maximum absolute atomic E-state index is 13.3. The second-order valence-corrected chi connectivity index (χ2v) is 8.54. The number of para-hydroxylation sites is 2. The molecule has 1 heterocycles. The Hall–Kier alpha value is -3.02. The molecule has 4 rings (SSSR count). The van der Waals surface area contributed by atoms with E-state index in [1.807, 2.05) is 31.2 Å². The number of rotatable bonds is 4. The van der Waals surface area contributed by atoms with Crippen LogP contribution in [0.4, 0.5) is 4.39 Å². The molecule has 2 N–H and O–H groups in total. The topological polar surface area (TPSA) is 70.1 Å². The molecule has 0 saturated heterocycles. The van der Waals surface area contributed by atoms with Crippen molar-refractivity contribution >= 4 is 23.2 Å². The number of H-pyrrole nitrogens is 1. The second-order valence-electron chi connectivity index (χ2n) is 8.54. The maximum atomic E-state index is 13.3. The van der Waals surface area contributed by atoms with Crippen molar-refractivity contribution in [3.05, 3.63) is 65.7 Å². The largest absolute Gasteiger partial charge is 0.342 e. The van der Waals surface area contributed by atoms with Gasteiger partial charge in [-0.2, -0.15) is 5.10 Å². The van der Waals surface area contributed by atoms with Crippen LogP contribution in [0.25, 0.3) is 11.0 Å². The van der Waals surface area contributed by atoms with Gasteiger partial charge in [0.05, 0.1) is 22.7 Å². The third kappa shape index (κ3) is 3.33. The number of imidazole rings is 1. The van der Waals surface area contributed by atoms with Gasteiger partial charge in [-0.05, 0) is 48.1 Å². The van der Waals surface area contributed by atoms with Crippen LogP contribution >= 0.6 is 0 Å². The van der Waals surface area contributed by atoms with Crippen LogP contribution in [0.1, 0.15) is 50.9 Å². The lowest BCUT2D eigenvalue weighted by molar-refractivity contribution is -0.135. The average Bonchev–Trinajstić information content (AvgIpc) is 3.20. The van der Waals surface area contributed by atoms with Crippen molar-refractivity contribution in [2.24, 2.45) is 15.9 Å². The van der Waals surface area contributed by atoms with Gasteiger partial charge in [-0.25, -0.2) is 14.8 Å². The van der Waals surface area contributed by atoms with Crippen LogP contribution in [-0.4, -0.2) is 22.1 Å². The molecule has 3 aromatic rings. The zero-order chi connectivity index (χ0) is 20.6. The highest BCUT2D eigenvalue weighted by molar-refractivity contribution is 5.86. The number of hydrogen-bond acceptors (Lipinski definition) is 3. The molecule has 0 aliphatic heterocycles. The predicted octanol–water partition coefficient (Wildman–Crippen LogP) is 4.76. The number of amides is 1. The number of benzene rings is 2. The number of halogens is 1. The van der Waals surface area contributed by atoms with Gasteiger partial charge in [0.15, 0.2) is 0 Å². The average molecular weight is 392 g/mol. The summed E-state index contributed by atoms with van der Waals surface area (Å²) in [5, 5.41) is 4.06. The third-order valence-corrected chi connectivity index (χ3v) is 6.69. The summed E-state index contributed by atoms with van der Waals surface area (Å²) in [6.07, 6.45) is 3.07. The van der Waals surface area contributed by atoms with Crippen molar-refractivity contribution in [2.45, 2.75) is 39.5 Å². The summed E-state index contributed by atoms with van der Waals surface area (Å²) in [7, 11) is 0. The molecule has 1 aromatic heterocycles. The van der Waals surface area contributed by atoms with Gasteiger partial charge >= 0.3 is 0 Å². The molecule has 29 heavy (non-hydrogen) atoms. The first-order valence-electron chi connectivity index (χ1n) is 9.85. The first-order chi connectivity index (χ1) is 13.8. The number of nitrogens with one attached hydrogen (secondary N) is 2. The predicted molar refractivity (Wildman–Crippen MR) is 112 cm³/mol. The van der Waals surface area contributed by atoms with Gasteiger partial charge in [0.1, 0.15) is 11.6 Å². The van der Waals surface area contributed by atoms with Gasteiger partial charge in [0.2, 0.25) is 5.91 Å². The van der Waals surface area contributed by atoms with E-state index in [1.165, 1.54) is 18.3 Å². The second kappa shape index (κ2) is 7.10. The Bertz CT molecular complexity index is 1050. The molecule has 5 nitrogen and oxygen atoms in total. The zero-order valence-electron chi connectivity index (χ0n) is 16.9. The van der Waals surface area contributed by atoms with E-state index in [0.29, 0.717) is 5.56 Å². The fourth-order valence-electron chi connectivity index (χ4n) is 4.40. The van der Waals surface area contributed by atoms with Crippen LogP contribution in [0, 0.1) is 16.6 Å². The van der Waals surface area contributed by atoms with Crippen molar-refractivity contribution < 1.29 is 9.18 Å². The highest BCUT2D eigenvalue weighted by Crippen LogP contribution is 2.59. The number of aromatic amines is 1. The monoisotopic (exact) mass is 392 g/mol. The SMILES string of the molecule is CC1(C(=O)N/N=C/c2cccc(F)c2)CCC(c2nc3ccccc3[nH]2)C1(C)C. The Balaban J connectivity index is 1.53. The number of carbonyl (C=O) groups excluding carboxylic acids is 1. The molecule has 150 valence electrons. The number of aromatic nitrogens is 2. The number of hydrazone groups is 1. The number of fused-ring (bicyclic) bond motifs is 1. The summed E-state index contributed by atoms with van der Waals surface area (Å²) >= 11 is 0. The van der Waals surface area contributed by atoms with E-state index in [0.717, 1.165) is 29.7 Å². The molecule has 2 aromatic carbocycles. The molecule has 1 aliphatic carbocycles. The van der Waals surface area contributed by atoms with E-state index in [2.05, 4.69) is 29.4 Å². The minimum Gasteiger partial charge on any atom is -0.342 e. The van der Waals surface area contributed by atoms with Gasteiger partial charge in [-0.3, -0.25) is 4.79 Å². The number of nitrogens with zero attached hydrogens (tertiary/aromatic N) is 2. The minimum absolute atomic E-state index is 0.131. The lowest BCUT2D eigenvalue weighted by Crippen LogP contribution is -2.45. The Labute approximate surface area is 169 Å². The summed E-state index contributed by atoms with van der Waals surface area (Å²) in [4.78, 5) is 21.3. The summed E-state index contributed by atoms with van der Waals surface area (Å²) in [6, 6.07) is 14.0. The zero-order valence-corrected chi connectivity index (χ0v) is 16.9. The van der Waals surface area contributed by atoms with Crippen LogP contribution < -0.4 is 5.43 Å². The van der Waals surface area contributed by atoms with Crippen LogP contribution in [0.2, 0.25) is 0 Å². The van der Waals surface area contributed by atoms with Gasteiger partial charge in [0, 0.05) is 5.92 Å². The molecular formula is C23H25FN4O. The van der Waals surface area contributed by atoms with E-state index < -0.39 is 5.41 Å². The van der Waals surface area contributed by atoms with Gasteiger partial charge in [-0.1, -0.05) is 45.0 Å². The highest BCUT2D eigenvalue weighted by Gasteiger charge is 2.57. The minimum atomic E-state index is -0.601. The molecule has 1 amide bonds. The third-order valence-electron chi connectivity index (χ3n) is 6.69. The molecule has 6 heteroatoms. The van der Waals surface area contributed by atoms with Crippen LogP contribution in [0.5, 0.6) is 0 Å². The van der Waals surface area contributed by atoms with Crippen molar-refractivity contribution in [1.82, 2.24) is 15.4 Å². The molecule has 1 saturated carbocycles. The molecule has 2 unspecified atom stereocenters. The van der Waals surface area contributed by atoms with E-state index in [9.17, 15) is 9.18 Å². The van der Waals surface area contributed by atoms with Crippen LogP contribution in [0.3, 0.4) is 0 Å². The summed E-state index contributed by atoms with van der Waals surface area (Å²) in [5.74, 6) is 0.598. The molecule has 0 radical (unpaired) electrons. The highest BCUT2D eigenvalue weighted by atomic mass is 19.1.